The molecule has 0 spiro atoms. The van der Waals surface area contributed by atoms with Crippen molar-refractivity contribution in [3.8, 4) is 0 Å². The number of hydrogen-bond donors (Lipinski definition) is 1. The van der Waals surface area contributed by atoms with Crippen LogP contribution in [0.15, 0.2) is 23.1 Å². The molecule has 0 saturated carbocycles. The van der Waals surface area contributed by atoms with E-state index in [4.69, 9.17) is 7.85 Å². The quantitative estimate of drug-likeness (QED) is 0.646. The van der Waals surface area contributed by atoms with Gasteiger partial charge in [-0.2, -0.15) is 0 Å². The minimum absolute atomic E-state index is 0.336. The van der Waals surface area contributed by atoms with Crippen molar-refractivity contribution in [3.05, 3.63) is 34.4 Å². The number of nitrogens with zero attached hydrogens (tertiary/aromatic N) is 1. The molecule has 1 N–H and O–H groups in total. The third-order valence-corrected chi connectivity index (χ3v) is 2.00. The van der Waals surface area contributed by atoms with E-state index in [0.717, 1.165) is 16.5 Å². The zero-order valence-corrected chi connectivity index (χ0v) is 9.16. The van der Waals surface area contributed by atoms with Crippen molar-refractivity contribution >= 4 is 24.2 Å². The molecule has 0 aliphatic rings. The van der Waals surface area contributed by atoms with Gasteiger partial charge in [-0.15, -0.1) is 0 Å². The number of aromatic nitrogens is 2. The summed E-state index contributed by atoms with van der Waals surface area (Å²) in [5.74, 6) is 0. The van der Waals surface area contributed by atoms with Gasteiger partial charge >= 0.3 is 5.69 Å². The topological polar surface area (TPSA) is 45.8 Å². The third-order valence-electron chi connectivity index (χ3n) is 2.00. The first-order chi connectivity index (χ1) is 7.16. The van der Waals surface area contributed by atoms with Crippen LogP contribution in [0.3, 0.4) is 0 Å². The van der Waals surface area contributed by atoms with Crippen molar-refractivity contribution in [1.82, 2.24) is 9.97 Å². The van der Waals surface area contributed by atoms with Crippen LogP contribution in [0.5, 0.6) is 0 Å². The molecule has 1 aromatic carbocycles. The first-order valence-corrected chi connectivity index (χ1v) is 4.92. The Morgan fingerprint density at radius 2 is 2.00 bits per heavy atom. The minimum Gasteiger partial charge on any atom is -0.305 e. The Morgan fingerprint density at radius 3 is 2.67 bits per heavy atom. The van der Waals surface area contributed by atoms with Gasteiger partial charge in [0.15, 0.2) is 0 Å². The zero-order valence-electron chi connectivity index (χ0n) is 9.16. The van der Waals surface area contributed by atoms with E-state index in [1.54, 1.807) is 6.07 Å². The van der Waals surface area contributed by atoms with Crippen LogP contribution < -0.4 is 11.2 Å². The predicted octanol–water partition coefficient (Wildman–Crippen LogP) is 1.05. The molecule has 2 radical (unpaired) electrons. The highest BCUT2D eigenvalue weighted by Gasteiger charge is 1.97. The molecule has 0 atom stereocenters. The Labute approximate surface area is 90.0 Å². The van der Waals surface area contributed by atoms with E-state index in [1.165, 1.54) is 6.20 Å². The summed E-state index contributed by atoms with van der Waals surface area (Å²) in [6.45, 7) is 5.90. The maximum Gasteiger partial charge on any atom is 0.345 e. The average molecular weight is 200 g/mol. The molecule has 15 heavy (non-hydrogen) atoms. The molecular formula is C11H13BN2O. The molecular weight excluding hydrogens is 187 g/mol. The van der Waals surface area contributed by atoms with Crippen LogP contribution >= 0.6 is 0 Å². The Kier molecular flexibility index (Phi) is 3.66. The van der Waals surface area contributed by atoms with Gasteiger partial charge in [0.05, 0.1) is 5.52 Å². The summed E-state index contributed by atoms with van der Waals surface area (Å²) in [5, 5.41) is 0.850. The predicted molar refractivity (Wildman–Crippen MR) is 63.8 cm³/mol. The van der Waals surface area contributed by atoms with Crippen molar-refractivity contribution in [2.45, 2.75) is 20.8 Å². The van der Waals surface area contributed by atoms with Gasteiger partial charge in [0.1, 0.15) is 7.85 Å². The lowest BCUT2D eigenvalue weighted by atomic mass is 9.90. The number of H-pyrrole nitrogens is 1. The van der Waals surface area contributed by atoms with Crippen molar-refractivity contribution in [2.24, 2.45) is 0 Å². The molecule has 0 aliphatic heterocycles. The smallest absolute Gasteiger partial charge is 0.305 e. The van der Waals surface area contributed by atoms with Crippen molar-refractivity contribution < 1.29 is 0 Å². The highest BCUT2D eigenvalue weighted by molar-refractivity contribution is 6.34. The van der Waals surface area contributed by atoms with Crippen LogP contribution in [-0.2, 0) is 0 Å². The minimum atomic E-state index is -0.336. The number of rotatable bonds is 0. The molecule has 1 aromatic heterocycles. The molecule has 1 heterocycles. The van der Waals surface area contributed by atoms with Gasteiger partial charge in [-0.05, 0) is 13.0 Å². The molecule has 2 aromatic rings. The summed E-state index contributed by atoms with van der Waals surface area (Å²) in [4.78, 5) is 17.1. The number of fused-ring (bicyclic) bond motifs is 1. The molecule has 0 saturated heterocycles. The fraction of sp³-hybridized carbons (Fsp3) is 0.273. The lowest BCUT2D eigenvalue weighted by molar-refractivity contribution is 1.12. The first-order valence-electron chi connectivity index (χ1n) is 4.92. The molecule has 76 valence electrons. The van der Waals surface area contributed by atoms with Gasteiger partial charge in [0, 0.05) is 11.6 Å². The number of aromatic amines is 1. The Morgan fingerprint density at radius 1 is 1.33 bits per heavy atom. The van der Waals surface area contributed by atoms with Crippen molar-refractivity contribution in [3.63, 3.8) is 0 Å². The molecule has 0 fully saturated rings. The number of benzene rings is 1. The van der Waals surface area contributed by atoms with E-state index in [2.05, 4.69) is 9.97 Å². The summed E-state index contributed by atoms with van der Waals surface area (Å²) in [5.41, 5.74) is 2.10. The molecule has 3 nitrogen and oxygen atoms in total. The maximum absolute atomic E-state index is 10.9. The van der Waals surface area contributed by atoms with E-state index < -0.39 is 0 Å². The second kappa shape index (κ2) is 4.78. The van der Waals surface area contributed by atoms with Crippen LogP contribution in [0.1, 0.15) is 19.4 Å². The average Bonchev–Trinajstić information content (AvgIpc) is 2.23. The van der Waals surface area contributed by atoms with Crippen LogP contribution in [0.25, 0.3) is 10.9 Å². The van der Waals surface area contributed by atoms with Crippen LogP contribution in [0.2, 0.25) is 0 Å². The molecule has 0 aliphatic carbocycles. The van der Waals surface area contributed by atoms with Gasteiger partial charge in [-0.25, -0.2) is 9.78 Å². The van der Waals surface area contributed by atoms with E-state index in [0.29, 0.717) is 5.46 Å². The summed E-state index contributed by atoms with van der Waals surface area (Å²) >= 11 is 0. The molecule has 4 heteroatoms. The van der Waals surface area contributed by atoms with Crippen molar-refractivity contribution in [1.29, 1.82) is 0 Å². The third kappa shape index (κ3) is 2.46. The number of nitrogens with one attached hydrogen (secondary N) is 1. The zero-order chi connectivity index (χ0) is 11.4. The van der Waals surface area contributed by atoms with Crippen LogP contribution in [0.4, 0.5) is 0 Å². The van der Waals surface area contributed by atoms with Gasteiger partial charge < -0.3 is 4.98 Å². The summed E-state index contributed by atoms with van der Waals surface area (Å²) in [6.07, 6.45) is 1.52. The summed E-state index contributed by atoms with van der Waals surface area (Å²) in [6, 6.07) is 3.64. The van der Waals surface area contributed by atoms with Crippen molar-refractivity contribution in [2.75, 3.05) is 0 Å². The first kappa shape index (κ1) is 11.5. The second-order valence-corrected chi connectivity index (χ2v) is 2.98. The normalized spacial score (nSPS) is 9.53. The van der Waals surface area contributed by atoms with E-state index in [9.17, 15) is 4.79 Å². The fourth-order valence-corrected chi connectivity index (χ4v) is 1.23. The van der Waals surface area contributed by atoms with Gasteiger partial charge in [-0.3, -0.25) is 0 Å². The number of aryl methyl sites for hydroxylation is 1. The standard InChI is InChI=1S/C9H7BN2O.C2H6/c1-5-2-8-6(3-7(5)10)4-11-9(13)12-8;1-2/h2-4H,1H3,(H,11,12,13);1-2H3. The highest BCUT2D eigenvalue weighted by atomic mass is 16.1. The molecule has 0 bridgehead atoms. The van der Waals surface area contributed by atoms with E-state index >= 15 is 0 Å². The summed E-state index contributed by atoms with van der Waals surface area (Å²) in [7, 11) is 5.70. The molecule has 2 rings (SSSR count). The monoisotopic (exact) mass is 200 g/mol. The van der Waals surface area contributed by atoms with Gasteiger partial charge in [0.25, 0.3) is 0 Å². The Balaban J connectivity index is 0.000000531. The summed E-state index contributed by atoms with van der Waals surface area (Å²) < 4.78 is 0. The maximum atomic E-state index is 10.9. The molecule has 0 unspecified atom stereocenters. The lowest BCUT2D eigenvalue weighted by Gasteiger charge is -2.02. The fourth-order valence-electron chi connectivity index (χ4n) is 1.23. The lowest BCUT2D eigenvalue weighted by Crippen LogP contribution is -2.12. The number of hydrogen-bond acceptors (Lipinski definition) is 2. The Bertz CT molecular complexity index is 519. The van der Waals surface area contributed by atoms with E-state index in [1.807, 2.05) is 26.8 Å². The van der Waals surface area contributed by atoms with E-state index in [-0.39, 0.29) is 5.69 Å². The van der Waals surface area contributed by atoms with Crippen LogP contribution in [-0.4, -0.2) is 17.8 Å². The second-order valence-electron chi connectivity index (χ2n) is 2.98. The van der Waals surface area contributed by atoms with Gasteiger partial charge in [0.2, 0.25) is 0 Å². The largest absolute Gasteiger partial charge is 0.345 e. The molecule has 0 amide bonds. The highest BCUT2D eigenvalue weighted by Crippen LogP contribution is 2.07. The van der Waals surface area contributed by atoms with Gasteiger partial charge in [-0.1, -0.05) is 30.9 Å². The van der Waals surface area contributed by atoms with Crippen LogP contribution in [0, 0.1) is 6.92 Å². The Hall–Kier alpha value is -1.58. The SMILES string of the molecule is CC.[B]c1cc2cnc(=O)[nH]c2cc1C.